The van der Waals surface area contributed by atoms with Gasteiger partial charge in [-0.2, -0.15) is 16.9 Å². The van der Waals surface area contributed by atoms with Crippen molar-refractivity contribution in [3.05, 3.63) is 18.0 Å². The Morgan fingerprint density at radius 2 is 2.46 bits per heavy atom. The summed E-state index contributed by atoms with van der Waals surface area (Å²) in [5.74, 6) is 1.11. The van der Waals surface area contributed by atoms with E-state index in [2.05, 4.69) is 18.3 Å². The smallest absolute Gasteiger partial charge is 0.0537 e. The van der Waals surface area contributed by atoms with Gasteiger partial charge in [-0.1, -0.05) is 0 Å². The topological polar surface area (TPSA) is 43.8 Å². The minimum Gasteiger partial charge on any atom is -0.324 e. The highest BCUT2D eigenvalue weighted by Crippen LogP contribution is 2.14. The summed E-state index contributed by atoms with van der Waals surface area (Å²) in [5, 5.41) is 4.19. The zero-order valence-electron chi connectivity index (χ0n) is 8.23. The number of rotatable bonds is 5. The van der Waals surface area contributed by atoms with Gasteiger partial charge in [0.2, 0.25) is 0 Å². The lowest BCUT2D eigenvalue weighted by Crippen LogP contribution is -2.10. The Kier molecular flexibility index (Phi) is 4.32. The molecule has 1 atom stereocenters. The number of thioether (sulfide) groups is 1. The SMILES string of the molecule is CCn1cc(C(N)CCSC)cn1. The van der Waals surface area contributed by atoms with E-state index in [0.29, 0.717) is 0 Å². The molecule has 74 valence electrons. The second kappa shape index (κ2) is 5.29. The van der Waals surface area contributed by atoms with Crippen molar-refractivity contribution >= 4 is 11.8 Å². The van der Waals surface area contributed by atoms with Gasteiger partial charge < -0.3 is 5.73 Å². The van der Waals surface area contributed by atoms with Gasteiger partial charge in [-0.05, 0) is 25.4 Å². The summed E-state index contributed by atoms with van der Waals surface area (Å²) in [7, 11) is 0. The summed E-state index contributed by atoms with van der Waals surface area (Å²) >= 11 is 1.83. The minimum absolute atomic E-state index is 0.146. The summed E-state index contributed by atoms with van der Waals surface area (Å²) < 4.78 is 1.91. The first-order valence-electron chi connectivity index (χ1n) is 4.54. The molecule has 0 aliphatic heterocycles. The van der Waals surface area contributed by atoms with E-state index in [1.54, 1.807) is 0 Å². The third-order valence-corrected chi connectivity index (χ3v) is 2.68. The van der Waals surface area contributed by atoms with Crippen LogP contribution < -0.4 is 5.73 Å². The predicted molar refractivity (Wildman–Crippen MR) is 57.8 cm³/mol. The monoisotopic (exact) mass is 199 g/mol. The van der Waals surface area contributed by atoms with Crippen LogP contribution in [0.15, 0.2) is 12.4 Å². The van der Waals surface area contributed by atoms with Crippen molar-refractivity contribution in [1.29, 1.82) is 0 Å². The molecule has 2 N–H and O–H groups in total. The van der Waals surface area contributed by atoms with Crippen LogP contribution in [0, 0.1) is 0 Å². The number of aromatic nitrogens is 2. The van der Waals surface area contributed by atoms with Crippen molar-refractivity contribution in [3.63, 3.8) is 0 Å². The first-order chi connectivity index (χ1) is 6.27. The van der Waals surface area contributed by atoms with E-state index in [0.717, 1.165) is 24.3 Å². The molecule has 1 rings (SSSR count). The Morgan fingerprint density at radius 3 is 3.00 bits per heavy atom. The van der Waals surface area contributed by atoms with Crippen LogP contribution in [0.1, 0.15) is 24.9 Å². The standard InChI is InChI=1S/C9H17N3S/c1-3-12-7-8(6-11-12)9(10)4-5-13-2/h6-7,9H,3-5,10H2,1-2H3. The van der Waals surface area contributed by atoms with Crippen molar-refractivity contribution in [2.75, 3.05) is 12.0 Å². The Labute approximate surface area is 83.7 Å². The van der Waals surface area contributed by atoms with Gasteiger partial charge in [-0.25, -0.2) is 0 Å². The average molecular weight is 199 g/mol. The summed E-state index contributed by atoms with van der Waals surface area (Å²) in [5.41, 5.74) is 7.13. The first kappa shape index (κ1) is 10.6. The van der Waals surface area contributed by atoms with Gasteiger partial charge in [0.1, 0.15) is 0 Å². The van der Waals surface area contributed by atoms with Crippen LogP contribution in [0.2, 0.25) is 0 Å². The second-order valence-electron chi connectivity index (χ2n) is 3.02. The fraction of sp³-hybridized carbons (Fsp3) is 0.667. The largest absolute Gasteiger partial charge is 0.324 e. The van der Waals surface area contributed by atoms with Crippen molar-refractivity contribution in [3.8, 4) is 0 Å². The Balaban J connectivity index is 2.50. The van der Waals surface area contributed by atoms with E-state index in [9.17, 15) is 0 Å². The van der Waals surface area contributed by atoms with Gasteiger partial charge >= 0.3 is 0 Å². The molecule has 4 heteroatoms. The minimum atomic E-state index is 0.146. The van der Waals surface area contributed by atoms with Gasteiger partial charge in [0, 0.05) is 24.3 Å². The summed E-state index contributed by atoms with van der Waals surface area (Å²) in [6.45, 7) is 2.99. The molecule has 1 unspecified atom stereocenters. The first-order valence-corrected chi connectivity index (χ1v) is 5.94. The van der Waals surface area contributed by atoms with Gasteiger partial charge in [-0.15, -0.1) is 0 Å². The van der Waals surface area contributed by atoms with Crippen LogP contribution in [0.3, 0.4) is 0 Å². The van der Waals surface area contributed by atoms with Crippen LogP contribution in [0.5, 0.6) is 0 Å². The predicted octanol–water partition coefficient (Wildman–Crippen LogP) is 1.66. The molecule has 1 aromatic heterocycles. The maximum atomic E-state index is 5.98. The van der Waals surface area contributed by atoms with Crippen LogP contribution in [0.4, 0.5) is 0 Å². The van der Waals surface area contributed by atoms with Crippen molar-refractivity contribution in [1.82, 2.24) is 9.78 Å². The van der Waals surface area contributed by atoms with E-state index in [1.807, 2.05) is 28.8 Å². The highest BCUT2D eigenvalue weighted by molar-refractivity contribution is 7.98. The Morgan fingerprint density at radius 1 is 1.69 bits per heavy atom. The summed E-state index contributed by atoms with van der Waals surface area (Å²) in [6, 6.07) is 0.146. The fourth-order valence-corrected chi connectivity index (χ4v) is 1.65. The quantitative estimate of drug-likeness (QED) is 0.784. The average Bonchev–Trinajstić information content (AvgIpc) is 2.62. The highest BCUT2D eigenvalue weighted by atomic mass is 32.2. The molecular formula is C9H17N3S. The van der Waals surface area contributed by atoms with Crippen LogP contribution >= 0.6 is 11.8 Å². The van der Waals surface area contributed by atoms with E-state index in [4.69, 9.17) is 5.73 Å². The lowest BCUT2D eigenvalue weighted by atomic mass is 10.1. The number of hydrogen-bond donors (Lipinski definition) is 1. The van der Waals surface area contributed by atoms with Crippen molar-refractivity contribution in [2.45, 2.75) is 25.9 Å². The molecule has 13 heavy (non-hydrogen) atoms. The second-order valence-corrected chi connectivity index (χ2v) is 4.00. The van der Waals surface area contributed by atoms with Crippen LogP contribution in [-0.4, -0.2) is 21.8 Å². The molecule has 0 aliphatic rings. The number of hydrogen-bond acceptors (Lipinski definition) is 3. The van der Waals surface area contributed by atoms with Crippen molar-refractivity contribution in [2.24, 2.45) is 5.73 Å². The summed E-state index contributed by atoms with van der Waals surface area (Å²) in [6.07, 6.45) is 7.03. The number of aryl methyl sites for hydroxylation is 1. The molecule has 1 aromatic rings. The molecule has 0 spiro atoms. The molecule has 1 heterocycles. The molecule has 0 bridgehead atoms. The van der Waals surface area contributed by atoms with Gasteiger partial charge in [0.25, 0.3) is 0 Å². The lowest BCUT2D eigenvalue weighted by molar-refractivity contribution is 0.654. The van der Waals surface area contributed by atoms with E-state index in [1.165, 1.54) is 0 Å². The third kappa shape index (κ3) is 3.04. The maximum Gasteiger partial charge on any atom is 0.0537 e. The number of nitrogens with zero attached hydrogens (tertiary/aromatic N) is 2. The maximum absolute atomic E-state index is 5.98. The Hall–Kier alpha value is -0.480. The van der Waals surface area contributed by atoms with Crippen LogP contribution in [0.25, 0.3) is 0 Å². The van der Waals surface area contributed by atoms with Crippen LogP contribution in [-0.2, 0) is 6.54 Å². The number of nitrogens with two attached hydrogens (primary N) is 1. The van der Waals surface area contributed by atoms with E-state index in [-0.39, 0.29) is 6.04 Å². The molecule has 0 fully saturated rings. The summed E-state index contributed by atoms with van der Waals surface area (Å²) in [4.78, 5) is 0. The van der Waals surface area contributed by atoms with Gasteiger partial charge in [0.05, 0.1) is 6.20 Å². The normalized spacial score (nSPS) is 13.2. The molecular weight excluding hydrogens is 182 g/mol. The third-order valence-electron chi connectivity index (χ3n) is 2.04. The van der Waals surface area contributed by atoms with Gasteiger partial charge in [-0.3, -0.25) is 4.68 Å². The van der Waals surface area contributed by atoms with Gasteiger partial charge in [0.15, 0.2) is 0 Å². The van der Waals surface area contributed by atoms with E-state index < -0.39 is 0 Å². The molecule has 0 saturated heterocycles. The lowest BCUT2D eigenvalue weighted by Gasteiger charge is -2.06. The highest BCUT2D eigenvalue weighted by Gasteiger charge is 2.07. The molecule has 0 amide bonds. The molecule has 0 saturated carbocycles. The van der Waals surface area contributed by atoms with E-state index >= 15 is 0 Å². The zero-order valence-corrected chi connectivity index (χ0v) is 9.05. The molecule has 0 aliphatic carbocycles. The Bertz CT molecular complexity index is 247. The molecule has 0 aromatic carbocycles. The zero-order chi connectivity index (χ0) is 9.68. The molecule has 3 nitrogen and oxygen atoms in total. The molecule has 0 radical (unpaired) electrons. The fourth-order valence-electron chi connectivity index (χ4n) is 1.16. The van der Waals surface area contributed by atoms with Crippen molar-refractivity contribution < 1.29 is 0 Å².